The standard InChI is InChI=1S/C16H10F7N3O3/c17-10-5-8(1-2-11(10)28-6-15(18,19)20)26-13(27)9-3-4-24-12(9)25-14(26)29-7-16(21,22)23/h1-5,24H,6-7H2. The van der Waals surface area contributed by atoms with Crippen molar-refractivity contribution in [1.82, 2.24) is 14.5 Å². The minimum atomic E-state index is -4.74. The lowest BCUT2D eigenvalue weighted by Gasteiger charge is -2.15. The molecule has 0 fully saturated rings. The van der Waals surface area contributed by atoms with Crippen LogP contribution in [0.25, 0.3) is 16.7 Å². The third-order valence-electron chi connectivity index (χ3n) is 3.49. The number of aromatic nitrogens is 3. The largest absolute Gasteiger partial charge is 0.481 e. The van der Waals surface area contributed by atoms with E-state index in [0.29, 0.717) is 10.6 Å². The molecule has 0 atom stereocenters. The van der Waals surface area contributed by atoms with E-state index in [2.05, 4.69) is 19.4 Å². The smallest absolute Gasteiger partial charge is 0.422 e. The van der Waals surface area contributed by atoms with Gasteiger partial charge in [-0.1, -0.05) is 0 Å². The summed E-state index contributed by atoms with van der Waals surface area (Å²) in [5, 5.41) is -0.0258. The van der Waals surface area contributed by atoms with Gasteiger partial charge in [0.15, 0.2) is 24.8 Å². The topological polar surface area (TPSA) is 69.1 Å². The van der Waals surface area contributed by atoms with Gasteiger partial charge in [-0.2, -0.15) is 31.3 Å². The number of H-pyrrole nitrogens is 1. The lowest BCUT2D eigenvalue weighted by Crippen LogP contribution is -2.26. The Balaban J connectivity index is 2.04. The molecule has 29 heavy (non-hydrogen) atoms. The number of aromatic amines is 1. The highest BCUT2D eigenvalue weighted by atomic mass is 19.4. The highest BCUT2D eigenvalue weighted by Crippen LogP contribution is 2.26. The van der Waals surface area contributed by atoms with Crippen LogP contribution < -0.4 is 15.0 Å². The molecule has 0 radical (unpaired) electrons. The van der Waals surface area contributed by atoms with Crippen molar-refractivity contribution in [2.24, 2.45) is 0 Å². The van der Waals surface area contributed by atoms with Gasteiger partial charge in [-0.15, -0.1) is 0 Å². The lowest BCUT2D eigenvalue weighted by molar-refractivity contribution is -0.155. The lowest BCUT2D eigenvalue weighted by atomic mass is 10.2. The first-order chi connectivity index (χ1) is 13.4. The van der Waals surface area contributed by atoms with Crippen molar-refractivity contribution >= 4 is 11.0 Å². The zero-order valence-corrected chi connectivity index (χ0v) is 14.1. The molecule has 0 unspecified atom stereocenters. The van der Waals surface area contributed by atoms with E-state index in [9.17, 15) is 35.5 Å². The van der Waals surface area contributed by atoms with Crippen LogP contribution in [0, 0.1) is 5.82 Å². The van der Waals surface area contributed by atoms with Gasteiger partial charge >= 0.3 is 18.4 Å². The Bertz CT molecular complexity index is 1090. The summed E-state index contributed by atoms with van der Waals surface area (Å²) in [6.07, 6.45) is -8.14. The van der Waals surface area contributed by atoms with Crippen LogP contribution in [0.3, 0.4) is 0 Å². The number of hydrogen-bond acceptors (Lipinski definition) is 4. The molecule has 6 nitrogen and oxygen atoms in total. The normalized spacial score (nSPS) is 12.4. The summed E-state index contributed by atoms with van der Waals surface area (Å²) < 4.78 is 97.8. The molecule has 0 aliphatic rings. The van der Waals surface area contributed by atoms with Gasteiger partial charge in [0, 0.05) is 12.3 Å². The van der Waals surface area contributed by atoms with Crippen molar-refractivity contribution < 1.29 is 40.2 Å². The molecule has 0 saturated carbocycles. The summed E-state index contributed by atoms with van der Waals surface area (Å²) >= 11 is 0. The predicted octanol–water partition coefficient (Wildman–Crippen LogP) is 3.74. The summed E-state index contributed by atoms with van der Waals surface area (Å²) in [5.41, 5.74) is -1.26. The van der Waals surface area contributed by atoms with E-state index in [0.717, 1.165) is 12.1 Å². The third-order valence-corrected chi connectivity index (χ3v) is 3.49. The second-order valence-corrected chi connectivity index (χ2v) is 5.70. The molecular formula is C16H10F7N3O3. The van der Waals surface area contributed by atoms with Crippen LogP contribution in [-0.2, 0) is 0 Å². The summed E-state index contributed by atoms with van der Waals surface area (Å²) in [6.45, 7) is -3.53. The number of fused-ring (bicyclic) bond motifs is 1. The Morgan fingerprint density at radius 1 is 1.00 bits per heavy atom. The molecule has 1 aromatic carbocycles. The number of hydrogen-bond donors (Lipinski definition) is 1. The number of nitrogens with one attached hydrogen (secondary N) is 1. The van der Waals surface area contributed by atoms with E-state index in [1.165, 1.54) is 12.3 Å². The Labute approximate surface area is 156 Å². The molecule has 156 valence electrons. The second-order valence-electron chi connectivity index (χ2n) is 5.70. The number of alkyl halides is 6. The first-order valence-corrected chi connectivity index (χ1v) is 7.74. The highest BCUT2D eigenvalue weighted by Gasteiger charge is 2.31. The summed E-state index contributed by atoms with van der Waals surface area (Å²) in [4.78, 5) is 18.9. The zero-order chi connectivity index (χ0) is 21.4. The Kier molecular flexibility index (Phi) is 5.15. The average molecular weight is 425 g/mol. The van der Waals surface area contributed by atoms with E-state index in [4.69, 9.17) is 0 Å². The van der Waals surface area contributed by atoms with Gasteiger partial charge in [0.1, 0.15) is 5.65 Å². The van der Waals surface area contributed by atoms with Crippen LogP contribution in [0.15, 0.2) is 35.3 Å². The van der Waals surface area contributed by atoms with E-state index in [1.807, 2.05) is 0 Å². The number of rotatable bonds is 5. The van der Waals surface area contributed by atoms with Crippen molar-refractivity contribution in [3.63, 3.8) is 0 Å². The molecule has 2 heterocycles. The summed E-state index contributed by atoms with van der Waals surface area (Å²) in [6, 6.07) is 2.92. The molecule has 2 aromatic heterocycles. The van der Waals surface area contributed by atoms with Gasteiger partial charge < -0.3 is 14.5 Å². The average Bonchev–Trinajstić information content (AvgIpc) is 3.06. The molecule has 0 saturated heterocycles. The molecule has 3 aromatic rings. The Morgan fingerprint density at radius 2 is 1.66 bits per heavy atom. The minimum absolute atomic E-state index is 0.0258. The van der Waals surface area contributed by atoms with Crippen molar-refractivity contribution in [3.05, 3.63) is 46.6 Å². The first kappa shape index (κ1) is 20.5. The zero-order valence-electron chi connectivity index (χ0n) is 14.1. The molecule has 0 aliphatic heterocycles. The fourth-order valence-corrected chi connectivity index (χ4v) is 2.36. The Morgan fingerprint density at radius 3 is 2.28 bits per heavy atom. The van der Waals surface area contributed by atoms with Crippen LogP contribution in [-0.4, -0.2) is 40.1 Å². The van der Waals surface area contributed by atoms with Gasteiger partial charge in [-0.25, -0.2) is 8.96 Å². The van der Waals surface area contributed by atoms with E-state index in [-0.39, 0.29) is 16.7 Å². The monoisotopic (exact) mass is 425 g/mol. The van der Waals surface area contributed by atoms with Crippen molar-refractivity contribution in [2.75, 3.05) is 13.2 Å². The van der Waals surface area contributed by atoms with Crippen molar-refractivity contribution in [2.45, 2.75) is 12.4 Å². The molecule has 1 N–H and O–H groups in total. The second kappa shape index (κ2) is 7.29. The maximum absolute atomic E-state index is 14.1. The SMILES string of the molecule is O=c1c2cc[nH]c2nc(OCC(F)(F)F)n1-c1ccc(OCC(F)(F)F)c(F)c1. The molecule has 3 rings (SSSR count). The molecule has 0 aliphatic carbocycles. The fraction of sp³-hybridized carbons (Fsp3) is 0.250. The van der Waals surface area contributed by atoms with Crippen LogP contribution >= 0.6 is 0 Å². The van der Waals surface area contributed by atoms with Crippen LogP contribution in [0.5, 0.6) is 11.8 Å². The predicted molar refractivity (Wildman–Crippen MR) is 84.7 cm³/mol. The van der Waals surface area contributed by atoms with Gasteiger partial charge in [0.05, 0.1) is 11.1 Å². The molecule has 13 heteroatoms. The molecule has 0 amide bonds. The van der Waals surface area contributed by atoms with Crippen molar-refractivity contribution in [3.8, 4) is 17.4 Å². The summed E-state index contributed by atoms with van der Waals surface area (Å²) in [7, 11) is 0. The Hall–Kier alpha value is -3.25. The first-order valence-electron chi connectivity index (χ1n) is 7.74. The van der Waals surface area contributed by atoms with Crippen molar-refractivity contribution in [1.29, 1.82) is 0 Å². The van der Waals surface area contributed by atoms with Gasteiger partial charge in [-0.3, -0.25) is 4.79 Å². The van der Waals surface area contributed by atoms with Crippen LogP contribution in [0.2, 0.25) is 0 Å². The maximum Gasteiger partial charge on any atom is 0.422 e. The number of halogens is 7. The molecule has 0 bridgehead atoms. The highest BCUT2D eigenvalue weighted by molar-refractivity contribution is 5.75. The van der Waals surface area contributed by atoms with Gasteiger partial charge in [0.25, 0.3) is 5.56 Å². The molecule has 0 spiro atoms. The van der Waals surface area contributed by atoms with Crippen LogP contribution in [0.4, 0.5) is 30.7 Å². The fourth-order valence-electron chi connectivity index (χ4n) is 2.36. The quantitative estimate of drug-likeness (QED) is 0.633. The summed E-state index contributed by atoms with van der Waals surface area (Å²) in [5.74, 6) is -2.03. The minimum Gasteiger partial charge on any atom is -0.481 e. The van der Waals surface area contributed by atoms with Gasteiger partial charge in [0.2, 0.25) is 0 Å². The number of nitrogens with zero attached hydrogens (tertiary/aromatic N) is 2. The molecular weight excluding hydrogens is 415 g/mol. The van der Waals surface area contributed by atoms with E-state index < -0.39 is 48.7 Å². The maximum atomic E-state index is 14.1. The van der Waals surface area contributed by atoms with E-state index in [1.54, 1.807) is 0 Å². The van der Waals surface area contributed by atoms with Gasteiger partial charge in [-0.05, 0) is 18.2 Å². The van der Waals surface area contributed by atoms with Crippen LogP contribution in [0.1, 0.15) is 0 Å². The number of benzene rings is 1. The third kappa shape index (κ3) is 4.78. The number of ether oxygens (including phenoxy) is 2. The van der Waals surface area contributed by atoms with E-state index >= 15 is 0 Å².